The number of carbonyl (C=O) groups excluding carboxylic acids is 4. The first-order valence-corrected chi connectivity index (χ1v) is 48.9. The van der Waals surface area contributed by atoms with E-state index >= 15 is 0 Å². The zero-order valence-corrected chi connectivity index (χ0v) is 84.8. The number of benzene rings is 16. The number of anilines is 12. The lowest BCUT2D eigenvalue weighted by Gasteiger charge is -2.29. The standard InChI is InChI=1S/3C33H33NO2.C32H31NO2/c1-6-33(35)36-20-19-27-9-11-28(12-10-27)29-13-17-30(18-14-29)34(31-15-7-23(2)25(4)21-31)32-16-8-24(3)26(5)22-32;1-6-32(35)36-20-19-27-9-11-28(12-10-27)29-13-17-31(18-14-29)34(30-15-7-23(2)8-16-30)33-25(4)21-24(3)22-26(33)5;1-4-33(35)36-24-6-5-7-27-12-14-28(15-13-27)29-16-22-32(23-17-29)34(30-18-8-25(2)9-19-30)31-20-10-26(3)11-21-31;1-5-32(34)35-21-20-26-9-11-27(12-10-26)28-13-18-30(19-14-28)33(29-15-6-23(2)7-16-29)31-17-8-24(3)25(4)22-31/h2*6-18,21-22H,1,19-20H2,2-5H3;4,8-23H,1,5-7,24H2,2-3H3;5-19,22H,1,20-21H2,2-4H3. The molecule has 0 aliphatic heterocycles. The largest absolute Gasteiger partial charge is 0.463 e. The molecule has 0 amide bonds. The second-order valence-corrected chi connectivity index (χ2v) is 36.4. The van der Waals surface area contributed by atoms with Gasteiger partial charge in [-0.2, -0.15) is 0 Å². The minimum Gasteiger partial charge on any atom is -0.463 e. The summed E-state index contributed by atoms with van der Waals surface area (Å²) in [5, 5.41) is 0. The molecule has 0 radical (unpaired) electrons. The molecule has 0 aliphatic carbocycles. The summed E-state index contributed by atoms with van der Waals surface area (Å²) in [5.74, 6) is -1.52. The highest BCUT2D eigenvalue weighted by atomic mass is 16.5. The van der Waals surface area contributed by atoms with Crippen molar-refractivity contribution in [2.45, 2.75) is 129 Å². The molecular formula is C131H130N4O8. The number of carbonyl (C=O) groups is 4. The van der Waals surface area contributed by atoms with E-state index in [2.05, 4.69) is 494 Å². The summed E-state index contributed by atoms with van der Waals surface area (Å²) in [6.45, 7) is 43.0. The molecule has 0 bridgehead atoms. The number of hydrogen-bond acceptors (Lipinski definition) is 12. The van der Waals surface area contributed by atoms with E-state index in [0.717, 1.165) is 132 Å². The van der Waals surface area contributed by atoms with Gasteiger partial charge >= 0.3 is 23.9 Å². The first kappa shape index (κ1) is 104. The molecule has 0 spiro atoms. The highest BCUT2D eigenvalue weighted by Gasteiger charge is 2.22. The SMILES string of the molecule is C=CC(=O)OCCCCc1ccc(-c2ccc(N(c3ccc(C)cc3)c3ccc(C)cc3)cc2)cc1.C=CC(=O)OCCc1ccc(-c2ccc(N(c3ccc(C)c(C)c3)c3ccc(C)c(C)c3)cc2)cc1.C=CC(=O)OCCc1ccc(-c2ccc(N(c3ccc(C)cc3)c3c(C)cc(C)cc3C)cc2)cc1.C=CC(=O)OCCc1ccc(-c2ccc(N(c3ccc(C)cc3)c3ccc(C)c(C)c3)cc2)cc1. The monoisotopic (exact) mass is 1890 g/mol. The second kappa shape index (κ2) is 50.9. The van der Waals surface area contributed by atoms with Crippen LogP contribution in [-0.2, 0) is 63.8 Å². The van der Waals surface area contributed by atoms with Gasteiger partial charge in [-0.3, -0.25) is 0 Å². The average molecular weight is 1890 g/mol. The number of nitrogens with zero attached hydrogens (tertiary/aromatic N) is 4. The molecule has 0 aliphatic rings. The second-order valence-electron chi connectivity index (χ2n) is 36.4. The molecule has 143 heavy (non-hydrogen) atoms. The molecule has 12 heteroatoms. The van der Waals surface area contributed by atoms with Crippen LogP contribution in [0.2, 0.25) is 0 Å². The van der Waals surface area contributed by atoms with Crippen LogP contribution in [0.3, 0.4) is 0 Å². The van der Waals surface area contributed by atoms with E-state index in [1.807, 2.05) is 0 Å². The number of esters is 4. The van der Waals surface area contributed by atoms with Crippen LogP contribution in [0.5, 0.6) is 0 Å². The van der Waals surface area contributed by atoms with E-state index in [4.69, 9.17) is 18.9 Å². The van der Waals surface area contributed by atoms with E-state index in [1.54, 1.807) is 0 Å². The van der Waals surface area contributed by atoms with Gasteiger partial charge in [0.1, 0.15) is 0 Å². The predicted octanol–water partition coefficient (Wildman–Crippen LogP) is 33.2. The molecule has 16 rings (SSSR count). The Morgan fingerprint density at radius 2 is 0.392 bits per heavy atom. The molecule has 0 N–H and O–H groups in total. The van der Waals surface area contributed by atoms with Crippen LogP contribution in [-0.4, -0.2) is 50.3 Å². The van der Waals surface area contributed by atoms with Crippen molar-refractivity contribution in [3.63, 3.8) is 0 Å². The van der Waals surface area contributed by atoms with E-state index in [9.17, 15) is 19.2 Å². The van der Waals surface area contributed by atoms with E-state index in [0.29, 0.717) is 45.7 Å². The van der Waals surface area contributed by atoms with Gasteiger partial charge in [-0.05, 0) is 354 Å². The molecule has 0 aromatic heterocycles. The quantitative estimate of drug-likeness (QED) is 0.0165. The minimum absolute atomic E-state index is 0.353. The summed E-state index contributed by atoms with van der Waals surface area (Å²) < 4.78 is 20.3. The molecule has 722 valence electrons. The van der Waals surface area contributed by atoms with Crippen molar-refractivity contribution in [1.29, 1.82) is 0 Å². The Labute approximate surface area is 846 Å². The predicted molar refractivity (Wildman–Crippen MR) is 596 cm³/mol. The van der Waals surface area contributed by atoms with Gasteiger partial charge in [0.05, 0.1) is 32.1 Å². The van der Waals surface area contributed by atoms with Crippen molar-refractivity contribution in [3.8, 4) is 44.5 Å². The molecule has 0 saturated heterocycles. The maximum atomic E-state index is 11.2. The number of aryl methyl sites for hydroxylation is 14. The molecule has 0 saturated carbocycles. The van der Waals surface area contributed by atoms with Gasteiger partial charge in [0.2, 0.25) is 0 Å². The normalized spacial score (nSPS) is 10.6. The van der Waals surface area contributed by atoms with Crippen molar-refractivity contribution < 1.29 is 38.1 Å². The maximum Gasteiger partial charge on any atom is 0.330 e. The van der Waals surface area contributed by atoms with Crippen LogP contribution in [0, 0.1) is 90.0 Å². The van der Waals surface area contributed by atoms with Gasteiger partial charge < -0.3 is 38.5 Å². The zero-order chi connectivity index (χ0) is 101. The zero-order valence-electron chi connectivity index (χ0n) is 84.8. The number of hydrogen-bond donors (Lipinski definition) is 0. The molecular weight excluding hydrogens is 1760 g/mol. The van der Waals surface area contributed by atoms with Gasteiger partial charge in [0, 0.05) is 106 Å². The number of ether oxygens (including phenoxy) is 4. The van der Waals surface area contributed by atoms with Gasteiger partial charge in [0.25, 0.3) is 0 Å². The fraction of sp³-hybridized carbons (Fsp3) is 0.176. The van der Waals surface area contributed by atoms with E-state index < -0.39 is 0 Å². The van der Waals surface area contributed by atoms with Crippen molar-refractivity contribution in [2.24, 2.45) is 0 Å². The summed E-state index contributed by atoms with van der Waals surface area (Å²) in [4.78, 5) is 54.0. The summed E-state index contributed by atoms with van der Waals surface area (Å²) in [5.41, 5.74) is 44.1. The summed E-state index contributed by atoms with van der Waals surface area (Å²) in [6, 6.07) is 128. The van der Waals surface area contributed by atoms with Crippen LogP contribution < -0.4 is 19.6 Å². The van der Waals surface area contributed by atoms with E-state index in [1.165, 1.54) is 119 Å². The molecule has 16 aromatic carbocycles. The average Bonchev–Trinajstić information content (AvgIpc) is 0.789. The molecule has 12 nitrogen and oxygen atoms in total. The maximum absolute atomic E-state index is 11.2. The third-order valence-electron chi connectivity index (χ3n) is 25.6. The number of rotatable bonds is 34. The van der Waals surface area contributed by atoms with Gasteiger partial charge in [-0.1, -0.05) is 279 Å². The summed E-state index contributed by atoms with van der Waals surface area (Å²) in [7, 11) is 0. The Morgan fingerprint density at radius 1 is 0.196 bits per heavy atom. The molecule has 0 unspecified atom stereocenters. The van der Waals surface area contributed by atoms with Crippen molar-refractivity contribution in [1.82, 2.24) is 0 Å². The molecule has 16 aromatic rings. The Morgan fingerprint density at radius 3 is 0.629 bits per heavy atom. The van der Waals surface area contributed by atoms with Crippen LogP contribution in [0.15, 0.2) is 409 Å². The molecule has 0 atom stereocenters. The van der Waals surface area contributed by atoms with Crippen molar-refractivity contribution >= 4 is 92.1 Å². The van der Waals surface area contributed by atoms with Gasteiger partial charge in [-0.15, -0.1) is 0 Å². The van der Waals surface area contributed by atoms with Crippen LogP contribution in [0.25, 0.3) is 44.5 Å². The third-order valence-corrected chi connectivity index (χ3v) is 25.6. The third kappa shape index (κ3) is 29.1. The van der Waals surface area contributed by atoms with E-state index in [-0.39, 0.29) is 23.9 Å². The first-order valence-electron chi connectivity index (χ1n) is 48.9. The Balaban J connectivity index is 0.000000160. The summed E-state index contributed by atoms with van der Waals surface area (Å²) >= 11 is 0. The lowest BCUT2D eigenvalue weighted by molar-refractivity contribution is -0.138. The van der Waals surface area contributed by atoms with Crippen LogP contribution in [0.4, 0.5) is 68.2 Å². The fourth-order valence-electron chi connectivity index (χ4n) is 17.0. The highest BCUT2D eigenvalue weighted by Crippen LogP contribution is 2.44. The fourth-order valence-corrected chi connectivity index (χ4v) is 17.0. The highest BCUT2D eigenvalue weighted by molar-refractivity contribution is 5.87. The Kier molecular flexibility index (Phi) is 37.0. The Bertz CT molecular complexity index is 6870. The van der Waals surface area contributed by atoms with Crippen LogP contribution >= 0.6 is 0 Å². The summed E-state index contributed by atoms with van der Waals surface area (Å²) in [6.07, 6.45) is 9.60. The molecule has 0 heterocycles. The molecule has 0 fully saturated rings. The van der Waals surface area contributed by atoms with Gasteiger partial charge in [0.15, 0.2) is 0 Å². The Hall–Kier alpha value is -16.4. The minimum atomic E-state index is -0.387. The lowest BCUT2D eigenvalue weighted by Crippen LogP contribution is -2.13. The van der Waals surface area contributed by atoms with Crippen LogP contribution in [0.1, 0.15) is 107 Å². The van der Waals surface area contributed by atoms with Crippen molar-refractivity contribution in [3.05, 3.63) is 503 Å². The van der Waals surface area contributed by atoms with Gasteiger partial charge in [-0.25, -0.2) is 19.2 Å². The smallest absolute Gasteiger partial charge is 0.330 e. The topological polar surface area (TPSA) is 118 Å². The first-order chi connectivity index (χ1) is 69.2. The van der Waals surface area contributed by atoms with Crippen molar-refractivity contribution in [2.75, 3.05) is 46.0 Å². The lowest BCUT2D eigenvalue weighted by atomic mass is 10.0. The number of unbranched alkanes of at least 4 members (excludes halogenated alkanes) is 1.